The lowest BCUT2D eigenvalue weighted by Crippen LogP contribution is -2.29. The van der Waals surface area contributed by atoms with E-state index in [2.05, 4.69) is 20.3 Å². The molecule has 0 bridgehead atoms. The minimum Gasteiger partial charge on any atom is -0.397 e. The predicted octanol–water partition coefficient (Wildman–Crippen LogP) is 2.31. The Balaban J connectivity index is 2.78. The van der Waals surface area contributed by atoms with Crippen molar-refractivity contribution in [2.45, 2.75) is 18.9 Å². The van der Waals surface area contributed by atoms with Crippen LogP contribution in [0.15, 0.2) is 21.0 Å². The maximum absolute atomic E-state index is 9.24. The first-order valence-electron chi connectivity index (χ1n) is 7.45. The van der Waals surface area contributed by atoms with Crippen LogP contribution < -0.4 is 11.1 Å². The molecular formula is C17H10N10. The minimum atomic E-state index is -0.998. The minimum absolute atomic E-state index is 0.0593. The Labute approximate surface area is 154 Å². The van der Waals surface area contributed by atoms with Gasteiger partial charge in [-0.1, -0.05) is 0 Å². The summed E-state index contributed by atoms with van der Waals surface area (Å²) < 4.78 is 0. The van der Waals surface area contributed by atoms with Gasteiger partial charge < -0.3 is 11.1 Å². The monoisotopic (exact) mass is 354 g/mol. The van der Waals surface area contributed by atoms with Crippen molar-refractivity contribution < 1.29 is 0 Å². The highest BCUT2D eigenvalue weighted by atomic mass is 15.1. The largest absolute Gasteiger partial charge is 0.397 e. The Morgan fingerprint density at radius 3 is 2.63 bits per heavy atom. The Morgan fingerprint density at radius 1 is 1.26 bits per heavy atom. The van der Waals surface area contributed by atoms with Gasteiger partial charge in [0.15, 0.2) is 11.8 Å². The molecule has 1 aliphatic rings. The molecule has 10 heteroatoms. The Bertz CT molecular complexity index is 1070. The van der Waals surface area contributed by atoms with Gasteiger partial charge in [0.25, 0.3) is 0 Å². The normalized spacial score (nSPS) is 15.1. The number of nitriles is 5. The van der Waals surface area contributed by atoms with Gasteiger partial charge in [0.2, 0.25) is 0 Å². The molecule has 1 aliphatic heterocycles. The SMILES string of the molecule is N#CC/C=N\c1cc(N)c(/N=C(/C#N)CC#N)c2c1NC(C#N)C(C#N)=N2. The molecule has 1 aromatic carbocycles. The summed E-state index contributed by atoms with van der Waals surface area (Å²) in [5, 5.41) is 47.9. The Morgan fingerprint density at radius 2 is 2.04 bits per heavy atom. The molecule has 1 unspecified atom stereocenters. The lowest BCUT2D eigenvalue weighted by Gasteiger charge is -2.22. The van der Waals surface area contributed by atoms with Gasteiger partial charge >= 0.3 is 0 Å². The molecule has 27 heavy (non-hydrogen) atoms. The standard InChI is InChI=1S/C17H10N10/c18-3-1-5-24-12-6-11(23)15(25-10(7-20)2-4-19)17-16(12)26-13(8-21)14(9-22)27-17/h5-6,13,26H,1-2,23H2/b24-5-,25-10+. The van der Waals surface area contributed by atoms with E-state index in [0.717, 1.165) is 0 Å². The van der Waals surface area contributed by atoms with E-state index in [0.29, 0.717) is 5.69 Å². The van der Waals surface area contributed by atoms with Crippen molar-refractivity contribution in [3.8, 4) is 30.3 Å². The Kier molecular flexibility index (Phi) is 5.79. The average Bonchev–Trinajstić information content (AvgIpc) is 2.68. The van der Waals surface area contributed by atoms with Crippen LogP contribution in [0.3, 0.4) is 0 Å². The number of nitrogens with two attached hydrogens (primary N) is 1. The first-order valence-corrected chi connectivity index (χ1v) is 7.45. The lowest BCUT2D eigenvalue weighted by molar-refractivity contribution is 1.14. The second-order valence-corrected chi connectivity index (χ2v) is 5.05. The Hall–Kier alpha value is -4.72. The number of benzene rings is 1. The third kappa shape index (κ3) is 3.86. The number of nitrogens with one attached hydrogen (secondary N) is 1. The van der Waals surface area contributed by atoms with Gasteiger partial charge in [0.05, 0.1) is 48.1 Å². The summed E-state index contributed by atoms with van der Waals surface area (Å²) in [4.78, 5) is 12.4. The molecule has 3 N–H and O–H groups in total. The van der Waals surface area contributed by atoms with E-state index in [1.165, 1.54) is 12.3 Å². The van der Waals surface area contributed by atoms with Crippen LogP contribution in [0.1, 0.15) is 12.8 Å². The molecule has 2 rings (SSSR count). The molecule has 10 nitrogen and oxygen atoms in total. The van der Waals surface area contributed by atoms with Gasteiger partial charge in [0.1, 0.15) is 29.2 Å². The van der Waals surface area contributed by atoms with E-state index in [1.807, 2.05) is 30.3 Å². The topological polar surface area (TPSA) is 194 Å². The summed E-state index contributed by atoms with van der Waals surface area (Å²) in [5.74, 6) is 0. The quantitative estimate of drug-likeness (QED) is 0.611. The van der Waals surface area contributed by atoms with Crippen molar-refractivity contribution >= 4 is 46.1 Å². The second-order valence-electron chi connectivity index (χ2n) is 5.05. The van der Waals surface area contributed by atoms with Crippen LogP contribution in [0, 0.1) is 56.7 Å². The van der Waals surface area contributed by atoms with Crippen LogP contribution in [-0.4, -0.2) is 23.7 Å². The number of anilines is 2. The van der Waals surface area contributed by atoms with Crippen molar-refractivity contribution in [3.05, 3.63) is 6.07 Å². The van der Waals surface area contributed by atoms with Crippen molar-refractivity contribution in [1.82, 2.24) is 0 Å². The number of fused-ring (bicyclic) bond motifs is 1. The molecule has 0 aromatic heterocycles. The van der Waals surface area contributed by atoms with E-state index in [-0.39, 0.29) is 47.0 Å². The zero-order valence-electron chi connectivity index (χ0n) is 13.8. The van der Waals surface area contributed by atoms with Crippen LogP contribution in [0.5, 0.6) is 0 Å². The molecule has 0 spiro atoms. The fourth-order valence-corrected chi connectivity index (χ4v) is 2.21. The van der Waals surface area contributed by atoms with Crippen LogP contribution >= 0.6 is 0 Å². The molecule has 0 saturated carbocycles. The highest BCUT2D eigenvalue weighted by Crippen LogP contribution is 2.48. The maximum atomic E-state index is 9.24. The molecule has 0 fully saturated rings. The highest BCUT2D eigenvalue weighted by molar-refractivity contribution is 6.14. The number of nitrogens with zero attached hydrogens (tertiary/aromatic N) is 8. The number of hydrogen-bond acceptors (Lipinski definition) is 10. The van der Waals surface area contributed by atoms with E-state index in [1.54, 1.807) is 0 Å². The fraction of sp³-hybridized carbons (Fsp3) is 0.176. The molecule has 0 radical (unpaired) electrons. The number of nitrogen functional groups attached to an aromatic ring is 1. The van der Waals surface area contributed by atoms with Crippen molar-refractivity contribution in [3.63, 3.8) is 0 Å². The van der Waals surface area contributed by atoms with Crippen LogP contribution in [0.4, 0.5) is 28.4 Å². The number of rotatable bonds is 4. The average molecular weight is 354 g/mol. The molecule has 1 aromatic rings. The van der Waals surface area contributed by atoms with Crippen molar-refractivity contribution in [2.75, 3.05) is 11.1 Å². The fourth-order valence-electron chi connectivity index (χ4n) is 2.21. The zero-order valence-corrected chi connectivity index (χ0v) is 13.8. The van der Waals surface area contributed by atoms with Gasteiger partial charge in [-0.2, -0.15) is 26.3 Å². The summed E-state index contributed by atoms with van der Waals surface area (Å²) >= 11 is 0. The predicted molar refractivity (Wildman–Crippen MR) is 97.9 cm³/mol. The smallest absolute Gasteiger partial charge is 0.167 e. The van der Waals surface area contributed by atoms with Crippen LogP contribution in [0.25, 0.3) is 0 Å². The van der Waals surface area contributed by atoms with Crippen LogP contribution in [-0.2, 0) is 0 Å². The lowest BCUT2D eigenvalue weighted by atomic mass is 10.1. The van der Waals surface area contributed by atoms with Crippen molar-refractivity contribution in [2.24, 2.45) is 15.0 Å². The third-order valence-electron chi connectivity index (χ3n) is 3.36. The van der Waals surface area contributed by atoms with E-state index < -0.39 is 6.04 Å². The summed E-state index contributed by atoms with van der Waals surface area (Å²) in [6.45, 7) is 0. The molecule has 0 amide bonds. The first kappa shape index (κ1) is 18.6. The summed E-state index contributed by atoms with van der Waals surface area (Å²) in [7, 11) is 0. The van der Waals surface area contributed by atoms with Gasteiger partial charge in [-0.25, -0.2) is 9.98 Å². The van der Waals surface area contributed by atoms with Gasteiger partial charge in [-0.3, -0.25) is 4.99 Å². The van der Waals surface area contributed by atoms with E-state index in [9.17, 15) is 10.5 Å². The summed E-state index contributed by atoms with van der Waals surface area (Å²) in [6.07, 6.45) is 1.19. The molecule has 0 saturated heterocycles. The molecular weight excluding hydrogens is 344 g/mol. The van der Waals surface area contributed by atoms with Crippen molar-refractivity contribution in [1.29, 1.82) is 26.3 Å². The third-order valence-corrected chi connectivity index (χ3v) is 3.36. The second kappa shape index (κ2) is 8.40. The maximum Gasteiger partial charge on any atom is 0.167 e. The van der Waals surface area contributed by atoms with E-state index >= 15 is 0 Å². The summed E-state index contributed by atoms with van der Waals surface area (Å²) in [5.41, 5.74) is 6.77. The van der Waals surface area contributed by atoms with Gasteiger partial charge in [0, 0.05) is 6.21 Å². The first-order chi connectivity index (χ1) is 13.1. The van der Waals surface area contributed by atoms with E-state index in [4.69, 9.17) is 21.5 Å². The molecule has 1 heterocycles. The highest BCUT2D eigenvalue weighted by Gasteiger charge is 2.27. The zero-order chi connectivity index (χ0) is 19.8. The summed E-state index contributed by atoms with van der Waals surface area (Å²) in [6, 6.07) is 9.74. The molecule has 1 atom stereocenters. The van der Waals surface area contributed by atoms with Crippen LogP contribution in [0.2, 0.25) is 0 Å². The molecule has 128 valence electrons. The molecule has 0 aliphatic carbocycles. The number of aliphatic imine (C=N–C) groups is 3. The van der Waals surface area contributed by atoms with Gasteiger partial charge in [-0.05, 0) is 6.07 Å². The van der Waals surface area contributed by atoms with Gasteiger partial charge in [-0.15, -0.1) is 0 Å². The number of hydrogen-bond donors (Lipinski definition) is 2.